The molecule has 4 rings (SSSR count). The quantitative estimate of drug-likeness (QED) is 0.412. The van der Waals surface area contributed by atoms with Gasteiger partial charge in [0.25, 0.3) is 0 Å². The van der Waals surface area contributed by atoms with Gasteiger partial charge >= 0.3 is 0 Å². The normalized spacial score (nSPS) is 15.3. The number of aryl methyl sites for hydroxylation is 1. The molecule has 0 N–H and O–H groups in total. The highest BCUT2D eigenvalue weighted by molar-refractivity contribution is 7.92. The maximum atomic E-state index is 13.4. The van der Waals surface area contributed by atoms with Crippen molar-refractivity contribution in [1.82, 2.24) is 4.98 Å². The van der Waals surface area contributed by atoms with E-state index in [1.165, 1.54) is 35.6 Å². The molecule has 10 heteroatoms. The van der Waals surface area contributed by atoms with E-state index in [1.807, 2.05) is 5.38 Å². The molecule has 1 aliphatic rings. The Kier molecular flexibility index (Phi) is 6.77. The van der Waals surface area contributed by atoms with Crippen molar-refractivity contribution >= 4 is 49.5 Å². The van der Waals surface area contributed by atoms with E-state index in [-0.39, 0.29) is 9.92 Å². The van der Waals surface area contributed by atoms with Gasteiger partial charge in [-0.2, -0.15) is 0 Å². The van der Waals surface area contributed by atoms with Gasteiger partial charge in [-0.05, 0) is 55.2 Å². The van der Waals surface area contributed by atoms with E-state index < -0.39 is 26.7 Å². The molecule has 2 aromatic carbocycles. The summed E-state index contributed by atoms with van der Waals surface area (Å²) < 4.78 is 52.9. The Morgan fingerprint density at radius 2 is 1.81 bits per heavy atom. The number of anilines is 1. The summed E-state index contributed by atoms with van der Waals surface area (Å²) in [6.07, 6.45) is 1.31. The van der Waals surface area contributed by atoms with E-state index in [0.717, 1.165) is 16.9 Å². The third-order valence-electron chi connectivity index (χ3n) is 5.58. The van der Waals surface area contributed by atoms with Gasteiger partial charge in [-0.25, -0.2) is 22.2 Å². The van der Waals surface area contributed by atoms with Gasteiger partial charge in [0.2, 0.25) is 0 Å². The van der Waals surface area contributed by atoms with Crippen molar-refractivity contribution in [1.29, 1.82) is 0 Å². The van der Waals surface area contributed by atoms with Gasteiger partial charge in [0, 0.05) is 29.9 Å². The summed E-state index contributed by atoms with van der Waals surface area (Å²) in [7, 11) is -3.58. The van der Waals surface area contributed by atoms with E-state index in [1.54, 1.807) is 6.92 Å². The third-order valence-corrected chi connectivity index (χ3v) is 9.66. The summed E-state index contributed by atoms with van der Waals surface area (Å²) in [6, 6.07) is 6.84. The Labute approximate surface area is 199 Å². The minimum absolute atomic E-state index is 0.127. The molecule has 1 aromatic heterocycles. The van der Waals surface area contributed by atoms with Crippen molar-refractivity contribution in [3.63, 3.8) is 0 Å². The summed E-state index contributed by atoms with van der Waals surface area (Å²) in [5, 5.41) is 2.73. The number of nitrogens with zero attached hydrogens (tertiary/aromatic N) is 2. The highest BCUT2D eigenvalue weighted by atomic mass is 35.5. The Bertz CT molecular complexity index is 1260. The van der Waals surface area contributed by atoms with Crippen LogP contribution in [0, 0.1) is 18.6 Å². The summed E-state index contributed by atoms with van der Waals surface area (Å²) in [6.45, 7) is 2.85. The van der Waals surface area contributed by atoms with Gasteiger partial charge in [0.1, 0.15) is 0 Å². The van der Waals surface area contributed by atoms with Crippen molar-refractivity contribution in [3.8, 4) is 0 Å². The zero-order valence-electron chi connectivity index (χ0n) is 17.1. The fraction of sp³-hybridized carbons (Fsp3) is 0.318. The molecule has 0 aliphatic carbocycles. The lowest BCUT2D eigenvalue weighted by molar-refractivity contribution is 0.507. The molecule has 1 fully saturated rings. The van der Waals surface area contributed by atoms with Crippen LogP contribution in [0.1, 0.15) is 29.7 Å². The molecule has 0 amide bonds. The van der Waals surface area contributed by atoms with E-state index >= 15 is 0 Å². The van der Waals surface area contributed by atoms with Crippen LogP contribution in [-0.2, 0) is 16.3 Å². The maximum absolute atomic E-state index is 13.4. The second-order valence-electron chi connectivity index (χ2n) is 7.81. The lowest BCUT2D eigenvalue weighted by atomic mass is 10.1. The Morgan fingerprint density at radius 1 is 1.09 bits per heavy atom. The molecule has 0 atom stereocenters. The Balaban J connectivity index is 1.43. The highest BCUT2D eigenvalue weighted by Crippen LogP contribution is 2.34. The van der Waals surface area contributed by atoms with Crippen molar-refractivity contribution in [2.24, 2.45) is 0 Å². The van der Waals surface area contributed by atoms with Gasteiger partial charge in [0.15, 0.2) is 26.6 Å². The highest BCUT2D eigenvalue weighted by Gasteiger charge is 2.33. The number of sulfone groups is 1. The summed E-state index contributed by atoms with van der Waals surface area (Å²) in [4.78, 5) is 6.79. The number of benzene rings is 2. The van der Waals surface area contributed by atoms with E-state index in [4.69, 9.17) is 23.2 Å². The van der Waals surface area contributed by atoms with Crippen molar-refractivity contribution in [2.75, 3.05) is 18.0 Å². The lowest BCUT2D eigenvalue weighted by Crippen LogP contribution is -2.39. The second kappa shape index (κ2) is 9.25. The van der Waals surface area contributed by atoms with Crippen LogP contribution in [0.2, 0.25) is 10.0 Å². The van der Waals surface area contributed by atoms with E-state index in [0.29, 0.717) is 48.5 Å². The predicted molar refractivity (Wildman–Crippen MR) is 125 cm³/mol. The number of halogens is 4. The lowest BCUT2D eigenvalue weighted by Gasteiger charge is -2.31. The SMILES string of the molecule is Cc1cc(S(=O)(=O)C2CCN(c3nc(Cc4ccc(F)c(F)c4)cs3)CC2)c(Cl)cc1Cl. The van der Waals surface area contributed by atoms with Crippen LogP contribution in [0.5, 0.6) is 0 Å². The third kappa shape index (κ3) is 4.78. The second-order valence-corrected chi connectivity index (χ2v) is 11.7. The molecule has 1 saturated heterocycles. The first-order valence-electron chi connectivity index (χ1n) is 9.98. The molecule has 32 heavy (non-hydrogen) atoms. The Morgan fingerprint density at radius 3 is 2.50 bits per heavy atom. The predicted octanol–water partition coefficient (Wildman–Crippen LogP) is 6.07. The first kappa shape index (κ1) is 23.4. The molecule has 0 radical (unpaired) electrons. The number of rotatable bonds is 5. The topological polar surface area (TPSA) is 50.3 Å². The molecule has 0 bridgehead atoms. The maximum Gasteiger partial charge on any atom is 0.185 e. The fourth-order valence-electron chi connectivity index (χ4n) is 3.77. The molecule has 2 heterocycles. The van der Waals surface area contributed by atoms with Crippen LogP contribution in [-0.4, -0.2) is 31.7 Å². The number of hydrogen-bond acceptors (Lipinski definition) is 5. The fourth-order valence-corrected chi connectivity index (χ4v) is 7.21. The number of aromatic nitrogens is 1. The largest absolute Gasteiger partial charge is 0.348 e. The minimum atomic E-state index is -3.58. The van der Waals surface area contributed by atoms with Crippen LogP contribution in [0.15, 0.2) is 40.6 Å². The van der Waals surface area contributed by atoms with Crippen LogP contribution in [0.25, 0.3) is 0 Å². The van der Waals surface area contributed by atoms with E-state index in [2.05, 4.69) is 9.88 Å². The molecule has 0 saturated carbocycles. The standard InChI is InChI=1S/C22H20Cl2F2N2O2S2/c1-13-8-21(18(24)11-17(13)23)32(29,30)16-4-6-28(7-5-16)22-27-15(12-31-22)9-14-2-3-19(25)20(26)10-14/h2-3,8,10-12,16H,4-7,9H2,1H3. The van der Waals surface area contributed by atoms with Crippen molar-refractivity contribution < 1.29 is 17.2 Å². The molecule has 0 spiro atoms. The van der Waals surface area contributed by atoms with E-state index in [9.17, 15) is 17.2 Å². The van der Waals surface area contributed by atoms with Gasteiger partial charge in [-0.15, -0.1) is 11.3 Å². The van der Waals surface area contributed by atoms with Crippen LogP contribution in [0.4, 0.5) is 13.9 Å². The average Bonchev–Trinajstić information content (AvgIpc) is 3.22. The number of piperidine rings is 1. The molecule has 170 valence electrons. The zero-order chi connectivity index (χ0) is 23.0. The van der Waals surface area contributed by atoms with Crippen molar-refractivity contribution in [3.05, 3.63) is 74.2 Å². The van der Waals surface area contributed by atoms with Gasteiger partial charge in [-0.3, -0.25) is 0 Å². The average molecular weight is 517 g/mol. The summed E-state index contributed by atoms with van der Waals surface area (Å²) >= 11 is 13.7. The first-order chi connectivity index (χ1) is 15.1. The van der Waals surface area contributed by atoms with Crippen LogP contribution >= 0.6 is 34.5 Å². The molecular formula is C22H20Cl2F2N2O2S2. The van der Waals surface area contributed by atoms with Gasteiger partial charge in [0.05, 0.1) is 20.9 Å². The number of thiazole rings is 1. The number of hydrogen-bond donors (Lipinski definition) is 0. The molecule has 4 nitrogen and oxygen atoms in total. The molecule has 1 aliphatic heterocycles. The summed E-state index contributed by atoms with van der Waals surface area (Å²) in [5.41, 5.74) is 2.07. The molecular weight excluding hydrogens is 497 g/mol. The minimum Gasteiger partial charge on any atom is -0.348 e. The zero-order valence-corrected chi connectivity index (χ0v) is 20.3. The van der Waals surface area contributed by atoms with Crippen molar-refractivity contribution in [2.45, 2.75) is 36.3 Å². The van der Waals surface area contributed by atoms with Gasteiger partial charge < -0.3 is 4.90 Å². The molecule has 3 aromatic rings. The van der Waals surface area contributed by atoms with Gasteiger partial charge in [-0.1, -0.05) is 29.3 Å². The van der Waals surface area contributed by atoms with Crippen LogP contribution < -0.4 is 4.90 Å². The molecule has 0 unspecified atom stereocenters. The first-order valence-corrected chi connectivity index (χ1v) is 13.2. The monoisotopic (exact) mass is 516 g/mol. The smallest absolute Gasteiger partial charge is 0.185 e. The Hall–Kier alpha value is -1.74. The van der Waals surface area contributed by atoms with Crippen LogP contribution in [0.3, 0.4) is 0 Å². The summed E-state index contributed by atoms with van der Waals surface area (Å²) in [5.74, 6) is -1.75.